The molecule has 0 radical (unpaired) electrons. The van der Waals surface area contributed by atoms with Gasteiger partial charge in [0.05, 0.1) is 10.6 Å². The van der Waals surface area contributed by atoms with Crippen LogP contribution in [0, 0.1) is 13.8 Å². The Bertz CT molecular complexity index is 747. The largest absolute Gasteiger partial charge is 0.270 e. The van der Waals surface area contributed by atoms with E-state index in [0.29, 0.717) is 9.23 Å². The number of hydrogen-bond acceptors (Lipinski definition) is 4. The van der Waals surface area contributed by atoms with Crippen LogP contribution in [0.2, 0.25) is 0 Å². The van der Waals surface area contributed by atoms with Crippen molar-refractivity contribution in [3.63, 3.8) is 0 Å². The average molecular weight is 331 g/mol. The van der Waals surface area contributed by atoms with Gasteiger partial charge in [-0.25, -0.2) is 0 Å². The first-order chi connectivity index (χ1) is 10.1. The van der Waals surface area contributed by atoms with Crippen LogP contribution in [-0.4, -0.2) is 10.2 Å². The minimum Gasteiger partial charge on any atom is -0.268 e. The van der Waals surface area contributed by atoms with Crippen LogP contribution in [0.15, 0.2) is 40.6 Å². The number of amides is 1. The van der Waals surface area contributed by atoms with Crippen LogP contribution in [-0.2, 0) is 4.79 Å². The van der Waals surface area contributed by atoms with Crippen molar-refractivity contribution in [2.45, 2.75) is 13.8 Å². The van der Waals surface area contributed by atoms with Crippen molar-refractivity contribution in [2.75, 3.05) is 4.90 Å². The lowest BCUT2D eigenvalue weighted by molar-refractivity contribution is -0.113. The van der Waals surface area contributed by atoms with Crippen LogP contribution in [0.1, 0.15) is 16.0 Å². The fourth-order valence-corrected chi connectivity index (χ4v) is 4.08. The Morgan fingerprint density at radius 1 is 1.19 bits per heavy atom. The molecule has 1 fully saturated rings. The van der Waals surface area contributed by atoms with Gasteiger partial charge in [0.25, 0.3) is 5.91 Å². The normalized spacial score (nSPS) is 17.0. The van der Waals surface area contributed by atoms with Crippen LogP contribution in [0.4, 0.5) is 5.69 Å². The van der Waals surface area contributed by atoms with Gasteiger partial charge in [-0.2, -0.15) is 0 Å². The number of thiocarbonyl (C=S) groups is 1. The number of thioether (sulfide) groups is 1. The van der Waals surface area contributed by atoms with Crippen LogP contribution in [0.3, 0.4) is 0 Å². The summed E-state index contributed by atoms with van der Waals surface area (Å²) in [5, 5.41) is 2.00. The van der Waals surface area contributed by atoms with Gasteiger partial charge in [0.15, 0.2) is 4.32 Å². The summed E-state index contributed by atoms with van der Waals surface area (Å²) in [7, 11) is 0. The van der Waals surface area contributed by atoms with Gasteiger partial charge in [0, 0.05) is 4.88 Å². The Balaban J connectivity index is 1.95. The van der Waals surface area contributed by atoms with Gasteiger partial charge in [-0.3, -0.25) is 9.69 Å². The first kappa shape index (κ1) is 14.5. The fraction of sp³-hybridized carbons (Fsp3) is 0.125. The van der Waals surface area contributed by atoms with Crippen LogP contribution in [0.25, 0.3) is 6.08 Å². The molecule has 1 aromatic carbocycles. The Morgan fingerprint density at radius 3 is 2.67 bits per heavy atom. The minimum atomic E-state index is -0.0401. The van der Waals surface area contributed by atoms with Crippen LogP contribution < -0.4 is 4.90 Å². The summed E-state index contributed by atoms with van der Waals surface area (Å²) < 4.78 is 0.589. The lowest BCUT2D eigenvalue weighted by atomic mass is 10.1. The molecule has 2 heterocycles. The summed E-state index contributed by atoms with van der Waals surface area (Å²) >= 11 is 8.35. The van der Waals surface area contributed by atoms with Crippen molar-refractivity contribution in [1.82, 2.24) is 0 Å². The van der Waals surface area contributed by atoms with E-state index in [1.165, 1.54) is 17.3 Å². The summed E-state index contributed by atoms with van der Waals surface area (Å²) in [5.74, 6) is -0.0401. The topological polar surface area (TPSA) is 20.3 Å². The van der Waals surface area contributed by atoms with Gasteiger partial charge >= 0.3 is 0 Å². The second-order valence-corrected chi connectivity index (χ2v) is 7.46. The third kappa shape index (κ3) is 2.81. The molecule has 0 bridgehead atoms. The highest BCUT2D eigenvalue weighted by molar-refractivity contribution is 8.27. The Kier molecular flexibility index (Phi) is 3.97. The molecule has 0 N–H and O–H groups in total. The van der Waals surface area contributed by atoms with E-state index >= 15 is 0 Å². The third-order valence-electron chi connectivity index (χ3n) is 3.36. The number of thiophene rings is 1. The molecule has 2 nitrogen and oxygen atoms in total. The Labute approximate surface area is 137 Å². The number of nitrogens with zero attached hydrogens (tertiary/aromatic N) is 1. The Morgan fingerprint density at radius 2 is 2.00 bits per heavy atom. The van der Waals surface area contributed by atoms with Gasteiger partial charge in [-0.15, -0.1) is 11.3 Å². The minimum absolute atomic E-state index is 0.0401. The number of hydrogen-bond donors (Lipinski definition) is 0. The lowest BCUT2D eigenvalue weighted by Crippen LogP contribution is -2.27. The quantitative estimate of drug-likeness (QED) is 0.584. The van der Waals surface area contributed by atoms with E-state index in [4.69, 9.17) is 12.2 Å². The fourth-order valence-electron chi connectivity index (χ4n) is 2.06. The van der Waals surface area contributed by atoms with E-state index in [1.54, 1.807) is 16.2 Å². The van der Waals surface area contributed by atoms with E-state index in [0.717, 1.165) is 16.1 Å². The number of benzene rings is 1. The number of anilines is 1. The van der Waals surface area contributed by atoms with E-state index in [2.05, 4.69) is 6.92 Å². The number of carbonyl (C=O) groups excluding carboxylic acids is 1. The third-order valence-corrected chi connectivity index (χ3v) is 5.48. The van der Waals surface area contributed by atoms with Crippen LogP contribution >= 0.6 is 35.3 Å². The zero-order chi connectivity index (χ0) is 15.0. The molecule has 0 unspecified atom stereocenters. The number of rotatable bonds is 2. The molecule has 21 heavy (non-hydrogen) atoms. The maximum Gasteiger partial charge on any atom is 0.270 e. The number of carbonyl (C=O) groups is 1. The zero-order valence-corrected chi connectivity index (χ0v) is 14.1. The molecule has 106 valence electrons. The second kappa shape index (κ2) is 5.75. The van der Waals surface area contributed by atoms with Gasteiger partial charge in [-0.05, 0) is 54.6 Å². The van der Waals surface area contributed by atoms with Gasteiger partial charge in [0.2, 0.25) is 0 Å². The smallest absolute Gasteiger partial charge is 0.268 e. The molecule has 3 rings (SSSR count). The number of aryl methyl sites for hydroxylation is 2. The molecule has 1 amide bonds. The van der Waals surface area contributed by atoms with E-state index in [1.807, 2.05) is 48.7 Å². The Hall–Kier alpha value is -1.43. The van der Waals surface area contributed by atoms with Crippen molar-refractivity contribution in [3.8, 4) is 0 Å². The van der Waals surface area contributed by atoms with E-state index in [-0.39, 0.29) is 5.91 Å². The summed E-state index contributed by atoms with van der Waals surface area (Å²) in [4.78, 5) is 16.0. The highest BCUT2D eigenvalue weighted by Crippen LogP contribution is 2.36. The molecule has 0 atom stereocenters. The van der Waals surface area contributed by atoms with Crippen molar-refractivity contribution in [3.05, 3.63) is 56.6 Å². The molecule has 0 saturated carbocycles. The maximum atomic E-state index is 12.6. The molecule has 5 heteroatoms. The van der Waals surface area contributed by atoms with Crippen LogP contribution in [0.5, 0.6) is 0 Å². The molecule has 2 aromatic rings. The monoisotopic (exact) mass is 331 g/mol. The van der Waals surface area contributed by atoms with Gasteiger partial charge < -0.3 is 0 Å². The summed E-state index contributed by atoms with van der Waals surface area (Å²) in [6.07, 6.45) is 1.91. The standard InChI is InChI=1S/C16H13NOS3/c1-10-5-6-12(8-11(10)2)17-15(18)14(21-16(17)19)9-13-4-3-7-20-13/h3-9H,1-2H3. The van der Waals surface area contributed by atoms with Gasteiger partial charge in [-0.1, -0.05) is 36.1 Å². The van der Waals surface area contributed by atoms with Crippen molar-refractivity contribution >= 4 is 57.3 Å². The summed E-state index contributed by atoms with van der Waals surface area (Å²) in [6.45, 7) is 4.10. The SMILES string of the molecule is Cc1ccc(N2C(=O)C(=Cc3cccs3)SC2=S)cc1C. The zero-order valence-electron chi connectivity index (χ0n) is 11.6. The van der Waals surface area contributed by atoms with Crippen molar-refractivity contribution in [1.29, 1.82) is 0 Å². The highest BCUT2D eigenvalue weighted by atomic mass is 32.2. The lowest BCUT2D eigenvalue weighted by Gasteiger charge is -2.15. The highest BCUT2D eigenvalue weighted by Gasteiger charge is 2.33. The predicted molar refractivity (Wildman–Crippen MR) is 95.9 cm³/mol. The maximum absolute atomic E-state index is 12.6. The van der Waals surface area contributed by atoms with Gasteiger partial charge in [0.1, 0.15) is 0 Å². The second-order valence-electron chi connectivity index (χ2n) is 4.80. The van der Waals surface area contributed by atoms with Crippen molar-refractivity contribution in [2.24, 2.45) is 0 Å². The first-order valence-electron chi connectivity index (χ1n) is 6.45. The molecule has 1 aliphatic heterocycles. The molecule has 0 spiro atoms. The molecule has 1 saturated heterocycles. The summed E-state index contributed by atoms with van der Waals surface area (Å²) in [6, 6.07) is 9.94. The molecular weight excluding hydrogens is 318 g/mol. The van der Waals surface area contributed by atoms with Crippen molar-refractivity contribution < 1.29 is 4.79 Å². The molecule has 1 aromatic heterocycles. The van der Waals surface area contributed by atoms with E-state index in [9.17, 15) is 4.79 Å². The van der Waals surface area contributed by atoms with E-state index < -0.39 is 0 Å². The predicted octanol–water partition coefficient (Wildman–Crippen LogP) is 4.77. The molecule has 0 aliphatic carbocycles. The first-order valence-corrected chi connectivity index (χ1v) is 8.55. The molecule has 1 aliphatic rings. The molecular formula is C16H13NOS3. The average Bonchev–Trinajstić information content (AvgIpc) is 3.03. The summed E-state index contributed by atoms with van der Waals surface area (Å²) in [5.41, 5.74) is 3.21.